The van der Waals surface area contributed by atoms with Crippen LogP contribution in [0, 0.1) is 11.3 Å². The molecule has 1 aromatic carbocycles. The van der Waals surface area contributed by atoms with E-state index in [-0.39, 0.29) is 11.8 Å². The van der Waals surface area contributed by atoms with Crippen LogP contribution in [0.15, 0.2) is 36.7 Å². The fourth-order valence-electron chi connectivity index (χ4n) is 7.89. The number of rotatable bonds is 6. The standard InChI is InChI=1S/C32H40N8O2/c1-20-29-25(12-26(33)24-4-2-3-5-28(24)42)30(34)37-27(29)6-7-40(20)31-35-17-23(18-36-31)39-10-8-38(9-11-39)22-15-32(16-22)13-21(14-32)19-41/h2-5,12,17-22,37,42H,6-11,13-16,33-34H2,1H3/b26-12-. The number of aromatic amines is 1. The highest BCUT2D eigenvalue weighted by Gasteiger charge is 2.54. The van der Waals surface area contributed by atoms with Crippen LogP contribution in [0.1, 0.15) is 61.0 Å². The van der Waals surface area contributed by atoms with Crippen LogP contribution in [-0.4, -0.2) is 70.0 Å². The lowest BCUT2D eigenvalue weighted by molar-refractivity contribution is -0.129. The van der Waals surface area contributed by atoms with E-state index in [2.05, 4.69) is 26.6 Å². The molecule has 4 aliphatic rings. The van der Waals surface area contributed by atoms with Crippen molar-refractivity contribution in [1.29, 1.82) is 0 Å². The number of hydrogen-bond acceptors (Lipinski definition) is 9. The number of aromatic nitrogens is 3. The van der Waals surface area contributed by atoms with Gasteiger partial charge in [0.1, 0.15) is 17.9 Å². The van der Waals surface area contributed by atoms with Crippen LogP contribution >= 0.6 is 0 Å². The molecule has 0 amide bonds. The van der Waals surface area contributed by atoms with Crippen LogP contribution in [0.5, 0.6) is 5.75 Å². The lowest BCUT2D eigenvalue weighted by Crippen LogP contribution is -2.60. The van der Waals surface area contributed by atoms with Gasteiger partial charge in [0, 0.05) is 79.2 Å². The Labute approximate surface area is 246 Å². The van der Waals surface area contributed by atoms with Crippen LogP contribution in [0.3, 0.4) is 0 Å². The Morgan fingerprint density at radius 1 is 1.07 bits per heavy atom. The zero-order valence-corrected chi connectivity index (χ0v) is 24.2. The first-order valence-electron chi connectivity index (χ1n) is 15.1. The largest absolute Gasteiger partial charge is 0.507 e. The third kappa shape index (κ3) is 4.58. The molecule has 220 valence electrons. The summed E-state index contributed by atoms with van der Waals surface area (Å²) < 4.78 is 0. The summed E-state index contributed by atoms with van der Waals surface area (Å²) in [5, 5.41) is 10.3. The lowest BCUT2D eigenvalue weighted by Gasteiger charge is -2.60. The van der Waals surface area contributed by atoms with Crippen LogP contribution in [0.2, 0.25) is 0 Å². The van der Waals surface area contributed by atoms with Crippen molar-refractivity contribution in [1.82, 2.24) is 19.9 Å². The molecule has 2 aromatic heterocycles. The van der Waals surface area contributed by atoms with Crippen molar-refractivity contribution in [3.8, 4) is 5.75 Å². The van der Waals surface area contributed by atoms with E-state index in [9.17, 15) is 9.90 Å². The number of fused-ring (bicyclic) bond motifs is 1. The summed E-state index contributed by atoms with van der Waals surface area (Å²) in [7, 11) is 0. The molecular weight excluding hydrogens is 528 g/mol. The topological polar surface area (TPSA) is 141 Å². The number of phenols is 1. The highest BCUT2D eigenvalue weighted by atomic mass is 16.3. The molecule has 6 N–H and O–H groups in total. The number of nitrogen functional groups attached to an aromatic ring is 1. The Balaban J connectivity index is 1.01. The van der Waals surface area contributed by atoms with Crippen molar-refractivity contribution in [2.24, 2.45) is 17.1 Å². The number of anilines is 3. The van der Waals surface area contributed by atoms with Crippen molar-refractivity contribution in [2.45, 2.75) is 51.1 Å². The molecule has 2 aliphatic heterocycles. The van der Waals surface area contributed by atoms with E-state index in [0.717, 1.165) is 80.8 Å². The molecule has 4 heterocycles. The molecule has 2 saturated carbocycles. The van der Waals surface area contributed by atoms with Crippen molar-refractivity contribution in [3.63, 3.8) is 0 Å². The van der Waals surface area contributed by atoms with Gasteiger partial charge in [-0.15, -0.1) is 0 Å². The second-order valence-corrected chi connectivity index (χ2v) is 12.7. The number of carbonyl (C=O) groups is 1. The van der Waals surface area contributed by atoms with E-state index in [0.29, 0.717) is 40.4 Å². The molecule has 1 spiro atoms. The summed E-state index contributed by atoms with van der Waals surface area (Å²) in [6.07, 6.45) is 12.4. The SMILES string of the molecule is CC1c2c([nH]c(N)c2/C=C(\N)c2ccccc2O)CCN1c1ncc(N2CCN(C3CC4(CC(C=O)C4)C3)CC2)cn1. The van der Waals surface area contributed by atoms with Crippen molar-refractivity contribution in [3.05, 3.63) is 59.0 Å². The van der Waals surface area contributed by atoms with Gasteiger partial charge in [-0.3, -0.25) is 4.90 Å². The fourth-order valence-corrected chi connectivity index (χ4v) is 7.89. The maximum atomic E-state index is 11.0. The second-order valence-electron chi connectivity index (χ2n) is 12.7. The minimum atomic E-state index is -0.0108. The Kier molecular flexibility index (Phi) is 6.61. The fraction of sp³-hybridized carbons (Fsp3) is 0.469. The van der Waals surface area contributed by atoms with Crippen molar-refractivity contribution in [2.75, 3.05) is 48.3 Å². The van der Waals surface area contributed by atoms with Gasteiger partial charge in [-0.2, -0.15) is 0 Å². The summed E-state index contributed by atoms with van der Waals surface area (Å²) in [5.41, 5.74) is 18.4. The Morgan fingerprint density at radius 2 is 1.79 bits per heavy atom. The van der Waals surface area contributed by atoms with E-state index in [1.54, 1.807) is 18.2 Å². The number of nitrogens with one attached hydrogen (secondary N) is 1. The van der Waals surface area contributed by atoms with Gasteiger partial charge < -0.3 is 36.2 Å². The zero-order chi connectivity index (χ0) is 29.0. The highest BCUT2D eigenvalue weighted by molar-refractivity contribution is 5.86. The average Bonchev–Trinajstić information content (AvgIpc) is 3.28. The van der Waals surface area contributed by atoms with Gasteiger partial charge in [-0.25, -0.2) is 9.97 Å². The van der Waals surface area contributed by atoms with Gasteiger partial charge in [-0.05, 0) is 56.2 Å². The number of nitrogens with zero attached hydrogens (tertiary/aromatic N) is 5. The number of piperazine rings is 1. The lowest BCUT2D eigenvalue weighted by atomic mass is 9.50. The average molecular weight is 569 g/mol. The molecule has 10 heteroatoms. The summed E-state index contributed by atoms with van der Waals surface area (Å²) in [4.78, 5) is 31.2. The van der Waals surface area contributed by atoms with Crippen LogP contribution in [0.25, 0.3) is 11.8 Å². The van der Waals surface area contributed by atoms with E-state index < -0.39 is 0 Å². The minimum absolute atomic E-state index is 0.0108. The predicted molar refractivity (Wildman–Crippen MR) is 165 cm³/mol. The molecule has 3 fully saturated rings. The maximum absolute atomic E-state index is 11.0. The van der Waals surface area contributed by atoms with Gasteiger partial charge in [0.15, 0.2) is 0 Å². The number of nitrogens with two attached hydrogens (primary N) is 2. The number of H-pyrrole nitrogens is 1. The van der Waals surface area contributed by atoms with Crippen molar-refractivity contribution < 1.29 is 9.90 Å². The van der Waals surface area contributed by atoms with Gasteiger partial charge >= 0.3 is 0 Å². The summed E-state index contributed by atoms with van der Waals surface area (Å²) >= 11 is 0. The quantitative estimate of drug-likeness (QED) is 0.329. The predicted octanol–water partition coefficient (Wildman–Crippen LogP) is 3.55. The van der Waals surface area contributed by atoms with Crippen LogP contribution < -0.4 is 21.3 Å². The first kappa shape index (κ1) is 26.8. The maximum Gasteiger partial charge on any atom is 0.225 e. The molecular formula is C32H40N8O2. The third-order valence-corrected chi connectivity index (χ3v) is 10.2. The normalized spacial score (nSPS) is 27.8. The number of aromatic hydroxyl groups is 1. The van der Waals surface area contributed by atoms with E-state index in [1.165, 1.54) is 12.8 Å². The number of para-hydroxylation sites is 1. The molecule has 0 radical (unpaired) electrons. The number of hydrogen-bond donors (Lipinski definition) is 4. The second kappa shape index (κ2) is 10.3. The third-order valence-electron chi connectivity index (χ3n) is 10.2. The number of phenolic OH excluding ortho intramolecular Hbond substituents is 1. The number of carbonyl (C=O) groups excluding carboxylic acids is 1. The minimum Gasteiger partial charge on any atom is -0.507 e. The van der Waals surface area contributed by atoms with E-state index >= 15 is 0 Å². The molecule has 42 heavy (non-hydrogen) atoms. The van der Waals surface area contributed by atoms with E-state index in [4.69, 9.17) is 21.4 Å². The summed E-state index contributed by atoms with van der Waals surface area (Å²) in [5.74, 6) is 1.72. The van der Waals surface area contributed by atoms with Gasteiger partial charge in [-0.1, -0.05) is 12.1 Å². The van der Waals surface area contributed by atoms with Gasteiger partial charge in [0.25, 0.3) is 0 Å². The zero-order valence-electron chi connectivity index (χ0n) is 24.2. The molecule has 10 nitrogen and oxygen atoms in total. The molecule has 0 bridgehead atoms. The molecule has 2 aliphatic carbocycles. The molecule has 1 atom stereocenters. The molecule has 1 saturated heterocycles. The van der Waals surface area contributed by atoms with Gasteiger partial charge in [0.2, 0.25) is 5.95 Å². The van der Waals surface area contributed by atoms with E-state index in [1.807, 2.05) is 24.5 Å². The Hall–Kier alpha value is -4.05. The summed E-state index contributed by atoms with van der Waals surface area (Å²) in [6.45, 7) is 6.98. The van der Waals surface area contributed by atoms with Gasteiger partial charge in [0.05, 0.1) is 24.1 Å². The smallest absolute Gasteiger partial charge is 0.225 e. The summed E-state index contributed by atoms with van der Waals surface area (Å²) in [6, 6.07) is 7.71. The first-order chi connectivity index (χ1) is 20.3. The monoisotopic (exact) mass is 568 g/mol. The molecule has 7 rings (SSSR count). The molecule has 3 aromatic rings. The number of aldehydes is 1. The van der Waals surface area contributed by atoms with Crippen LogP contribution in [0.4, 0.5) is 17.5 Å². The first-order valence-corrected chi connectivity index (χ1v) is 15.1. The van der Waals surface area contributed by atoms with Crippen molar-refractivity contribution >= 4 is 35.5 Å². The Bertz CT molecular complexity index is 1490. The molecule has 1 unspecified atom stereocenters. The highest BCUT2D eigenvalue weighted by Crippen LogP contribution is 2.59. The van der Waals surface area contributed by atoms with Crippen LogP contribution in [-0.2, 0) is 11.2 Å². The Morgan fingerprint density at radius 3 is 2.48 bits per heavy atom. The number of benzene rings is 1.